The lowest BCUT2D eigenvalue weighted by Gasteiger charge is -2.13. The highest BCUT2D eigenvalue weighted by Crippen LogP contribution is 2.25. The van der Waals surface area contributed by atoms with E-state index < -0.39 is 18.4 Å². The van der Waals surface area contributed by atoms with E-state index in [0.717, 1.165) is 0 Å². The predicted octanol–water partition coefficient (Wildman–Crippen LogP) is 3.66. The maximum atomic E-state index is 13.6. The van der Waals surface area contributed by atoms with Gasteiger partial charge in [-0.05, 0) is 19.0 Å². The molecule has 0 heterocycles. The van der Waals surface area contributed by atoms with Gasteiger partial charge in [0.05, 0.1) is 6.61 Å². The van der Waals surface area contributed by atoms with E-state index in [1.54, 1.807) is 12.1 Å². The predicted molar refractivity (Wildman–Crippen MR) is 64.6 cm³/mol. The zero-order chi connectivity index (χ0) is 14.3. The lowest BCUT2D eigenvalue weighted by Crippen LogP contribution is -2.14. The first-order valence-corrected chi connectivity index (χ1v) is 6.11. The van der Waals surface area contributed by atoms with Gasteiger partial charge in [0, 0.05) is 18.5 Å². The van der Waals surface area contributed by atoms with Crippen LogP contribution in [0.3, 0.4) is 0 Å². The number of para-hydroxylation sites is 1. The fraction of sp³-hybridized carbons (Fsp3) is 0.538. The molecule has 0 radical (unpaired) electrons. The van der Waals surface area contributed by atoms with Gasteiger partial charge in [-0.1, -0.05) is 19.1 Å². The van der Waals surface area contributed by atoms with Gasteiger partial charge in [-0.3, -0.25) is 0 Å². The molecule has 0 spiro atoms. The minimum atomic E-state index is -4.20. The van der Waals surface area contributed by atoms with Gasteiger partial charge in [-0.2, -0.15) is 13.2 Å². The van der Waals surface area contributed by atoms with Gasteiger partial charge in [-0.15, -0.1) is 0 Å². The van der Waals surface area contributed by atoms with Crippen molar-refractivity contribution in [3.8, 4) is 5.75 Å². The molecular weight excluding hydrogens is 262 g/mol. The average molecular weight is 279 g/mol. The number of hydrogen-bond donors (Lipinski definition) is 1. The minimum Gasteiger partial charge on any atom is -0.490 e. The molecule has 19 heavy (non-hydrogen) atoms. The summed E-state index contributed by atoms with van der Waals surface area (Å²) in [6.45, 7) is 2.88. The average Bonchev–Trinajstić information content (AvgIpc) is 2.32. The zero-order valence-electron chi connectivity index (χ0n) is 10.7. The van der Waals surface area contributed by atoms with E-state index in [2.05, 4.69) is 5.32 Å². The highest BCUT2D eigenvalue weighted by atomic mass is 19.4. The molecule has 1 aromatic rings. The molecule has 0 aromatic heterocycles. The molecular formula is C13H17F4NO. The number of alkyl halides is 3. The molecule has 0 unspecified atom stereocenters. The first kappa shape index (κ1) is 15.8. The summed E-state index contributed by atoms with van der Waals surface area (Å²) in [6, 6.07) is 4.46. The Hall–Kier alpha value is -1.30. The standard InChI is InChI=1S/C13H17F4NO/c1-2-18-9-10-5-3-6-11(14)12(10)19-8-4-7-13(15,16)17/h3,5-6,18H,2,4,7-9H2,1H3. The van der Waals surface area contributed by atoms with Gasteiger partial charge in [0.2, 0.25) is 0 Å². The van der Waals surface area contributed by atoms with Crippen molar-refractivity contribution in [1.82, 2.24) is 5.32 Å². The summed E-state index contributed by atoms with van der Waals surface area (Å²) in [4.78, 5) is 0. The Morgan fingerprint density at radius 3 is 2.63 bits per heavy atom. The molecule has 2 nitrogen and oxygen atoms in total. The van der Waals surface area contributed by atoms with Crippen LogP contribution in [-0.4, -0.2) is 19.3 Å². The van der Waals surface area contributed by atoms with Gasteiger partial charge in [0.1, 0.15) is 0 Å². The number of halogens is 4. The fourth-order valence-corrected chi connectivity index (χ4v) is 1.56. The van der Waals surface area contributed by atoms with Gasteiger partial charge >= 0.3 is 6.18 Å². The lowest BCUT2D eigenvalue weighted by molar-refractivity contribution is -0.136. The van der Waals surface area contributed by atoms with Crippen LogP contribution in [0, 0.1) is 5.82 Å². The highest BCUT2D eigenvalue weighted by molar-refractivity contribution is 5.34. The van der Waals surface area contributed by atoms with Crippen molar-refractivity contribution in [1.29, 1.82) is 0 Å². The van der Waals surface area contributed by atoms with Crippen LogP contribution in [0.4, 0.5) is 17.6 Å². The number of benzene rings is 1. The van der Waals surface area contributed by atoms with E-state index in [0.29, 0.717) is 18.7 Å². The third-order valence-electron chi connectivity index (χ3n) is 2.46. The van der Waals surface area contributed by atoms with Crippen LogP contribution < -0.4 is 10.1 Å². The second kappa shape index (κ2) is 7.33. The molecule has 0 saturated carbocycles. The number of ether oxygens (including phenoxy) is 1. The molecule has 0 aliphatic carbocycles. The monoisotopic (exact) mass is 279 g/mol. The summed E-state index contributed by atoms with van der Waals surface area (Å²) in [5.41, 5.74) is 0.605. The first-order chi connectivity index (χ1) is 8.94. The maximum Gasteiger partial charge on any atom is 0.389 e. The number of nitrogens with one attached hydrogen (secondary N) is 1. The van der Waals surface area contributed by atoms with E-state index in [1.165, 1.54) is 6.07 Å². The van der Waals surface area contributed by atoms with Crippen molar-refractivity contribution in [3.05, 3.63) is 29.6 Å². The van der Waals surface area contributed by atoms with E-state index in [4.69, 9.17) is 4.74 Å². The van der Waals surface area contributed by atoms with Gasteiger partial charge < -0.3 is 10.1 Å². The van der Waals surface area contributed by atoms with Gasteiger partial charge in [0.25, 0.3) is 0 Å². The molecule has 0 bridgehead atoms. The van der Waals surface area contributed by atoms with E-state index in [-0.39, 0.29) is 18.8 Å². The van der Waals surface area contributed by atoms with Crippen molar-refractivity contribution < 1.29 is 22.3 Å². The third-order valence-corrected chi connectivity index (χ3v) is 2.46. The molecule has 0 aliphatic heterocycles. The van der Waals surface area contributed by atoms with Crippen LogP contribution in [0.25, 0.3) is 0 Å². The minimum absolute atomic E-state index is 0.0330. The topological polar surface area (TPSA) is 21.3 Å². The third kappa shape index (κ3) is 5.92. The summed E-state index contributed by atoms with van der Waals surface area (Å²) >= 11 is 0. The molecule has 108 valence electrons. The summed E-state index contributed by atoms with van der Waals surface area (Å²) < 4.78 is 54.6. The summed E-state index contributed by atoms with van der Waals surface area (Å²) in [5, 5.41) is 3.02. The van der Waals surface area contributed by atoms with Crippen LogP contribution in [0.5, 0.6) is 5.75 Å². The van der Waals surface area contributed by atoms with Crippen LogP contribution >= 0.6 is 0 Å². The van der Waals surface area contributed by atoms with Crippen molar-refractivity contribution in [2.24, 2.45) is 0 Å². The summed E-state index contributed by atoms with van der Waals surface area (Å²) in [6.07, 6.45) is -5.31. The molecule has 1 N–H and O–H groups in total. The summed E-state index contributed by atoms with van der Waals surface area (Å²) in [7, 11) is 0. The van der Waals surface area contributed by atoms with Gasteiger partial charge in [-0.25, -0.2) is 4.39 Å². The number of hydrogen-bond acceptors (Lipinski definition) is 2. The molecule has 0 atom stereocenters. The Kier molecular flexibility index (Phi) is 6.08. The Balaban J connectivity index is 2.56. The SMILES string of the molecule is CCNCc1cccc(F)c1OCCCC(F)(F)F. The van der Waals surface area contributed by atoms with Crippen LogP contribution in [-0.2, 0) is 6.54 Å². The first-order valence-electron chi connectivity index (χ1n) is 6.11. The van der Waals surface area contributed by atoms with Crippen molar-refractivity contribution in [2.45, 2.75) is 32.5 Å². The van der Waals surface area contributed by atoms with Crippen LogP contribution in [0.1, 0.15) is 25.3 Å². The molecule has 1 aromatic carbocycles. The normalized spacial score (nSPS) is 11.6. The Bertz CT molecular complexity index is 393. The van der Waals surface area contributed by atoms with Gasteiger partial charge in [0.15, 0.2) is 11.6 Å². The molecule has 6 heteroatoms. The second-order valence-electron chi connectivity index (χ2n) is 4.08. The molecule has 0 amide bonds. The van der Waals surface area contributed by atoms with Crippen LogP contribution in [0.15, 0.2) is 18.2 Å². The Labute approximate surface area is 109 Å². The van der Waals surface area contributed by atoms with Crippen molar-refractivity contribution in [3.63, 3.8) is 0 Å². The molecule has 0 saturated heterocycles. The van der Waals surface area contributed by atoms with E-state index in [9.17, 15) is 17.6 Å². The Morgan fingerprint density at radius 1 is 1.26 bits per heavy atom. The van der Waals surface area contributed by atoms with E-state index in [1.807, 2.05) is 6.92 Å². The second-order valence-corrected chi connectivity index (χ2v) is 4.08. The van der Waals surface area contributed by atoms with Crippen molar-refractivity contribution >= 4 is 0 Å². The maximum absolute atomic E-state index is 13.6. The lowest BCUT2D eigenvalue weighted by atomic mass is 10.2. The largest absolute Gasteiger partial charge is 0.490 e. The highest BCUT2D eigenvalue weighted by Gasteiger charge is 2.26. The molecule has 0 fully saturated rings. The van der Waals surface area contributed by atoms with Crippen molar-refractivity contribution in [2.75, 3.05) is 13.2 Å². The number of rotatable bonds is 7. The summed E-state index contributed by atoms with van der Waals surface area (Å²) in [5.74, 6) is -0.520. The van der Waals surface area contributed by atoms with Crippen LogP contribution in [0.2, 0.25) is 0 Å². The molecule has 0 aliphatic rings. The smallest absolute Gasteiger partial charge is 0.389 e. The zero-order valence-corrected chi connectivity index (χ0v) is 10.7. The van der Waals surface area contributed by atoms with E-state index >= 15 is 0 Å². The quantitative estimate of drug-likeness (QED) is 0.607. The fourth-order valence-electron chi connectivity index (χ4n) is 1.56. The Morgan fingerprint density at radius 2 is 2.00 bits per heavy atom. The molecule has 1 rings (SSSR count).